The van der Waals surface area contributed by atoms with E-state index in [0.29, 0.717) is 0 Å². The zero-order valence-corrected chi connectivity index (χ0v) is 12.7. The average Bonchev–Trinajstić information content (AvgIpc) is 2.46. The number of nitrogens with zero attached hydrogens (tertiary/aromatic N) is 2. The molecule has 3 rings (SSSR count). The van der Waals surface area contributed by atoms with Gasteiger partial charge < -0.3 is 5.32 Å². The molecule has 4 heteroatoms. The highest BCUT2D eigenvalue weighted by molar-refractivity contribution is 9.10. The Balaban J connectivity index is 1.90. The monoisotopic (exact) mass is 327 g/mol. The number of aryl methyl sites for hydroxylation is 1. The number of aromatic nitrogens is 2. The molecule has 0 saturated carbocycles. The van der Waals surface area contributed by atoms with Gasteiger partial charge >= 0.3 is 0 Å². The van der Waals surface area contributed by atoms with Crippen LogP contribution in [0.5, 0.6) is 0 Å². The van der Waals surface area contributed by atoms with Crippen molar-refractivity contribution in [1.29, 1.82) is 0 Å². The summed E-state index contributed by atoms with van der Waals surface area (Å²) in [4.78, 5) is 8.79. The van der Waals surface area contributed by atoms with Gasteiger partial charge in [-0.05, 0) is 46.1 Å². The van der Waals surface area contributed by atoms with Gasteiger partial charge in [0.05, 0.1) is 11.2 Å². The van der Waals surface area contributed by atoms with Gasteiger partial charge in [0.1, 0.15) is 5.52 Å². The van der Waals surface area contributed by atoms with Crippen LogP contribution in [0.25, 0.3) is 11.0 Å². The molecule has 0 bridgehead atoms. The molecule has 0 aliphatic rings. The Hall–Kier alpha value is -1.94. The van der Waals surface area contributed by atoms with Crippen LogP contribution in [0, 0.1) is 6.92 Å². The molecule has 1 N–H and O–H groups in total. The van der Waals surface area contributed by atoms with E-state index in [4.69, 9.17) is 0 Å². The van der Waals surface area contributed by atoms with Crippen LogP contribution in [-0.2, 0) is 6.54 Å². The lowest BCUT2D eigenvalue weighted by Crippen LogP contribution is -2.02. The van der Waals surface area contributed by atoms with Crippen LogP contribution >= 0.6 is 15.9 Å². The van der Waals surface area contributed by atoms with Gasteiger partial charge in [0, 0.05) is 23.4 Å². The van der Waals surface area contributed by atoms with Gasteiger partial charge in [0.15, 0.2) is 0 Å². The first-order chi connectivity index (χ1) is 9.74. The van der Waals surface area contributed by atoms with Gasteiger partial charge in [-0.25, -0.2) is 0 Å². The van der Waals surface area contributed by atoms with Crippen molar-refractivity contribution in [2.75, 3.05) is 5.32 Å². The number of fused-ring (bicyclic) bond motifs is 1. The maximum Gasteiger partial charge on any atom is 0.112 e. The van der Waals surface area contributed by atoms with Crippen LogP contribution in [0.15, 0.2) is 53.3 Å². The number of pyridine rings is 2. The average molecular weight is 328 g/mol. The molecule has 0 aliphatic carbocycles. The van der Waals surface area contributed by atoms with Crippen molar-refractivity contribution >= 4 is 32.7 Å². The lowest BCUT2D eigenvalue weighted by molar-refractivity contribution is 1.12. The van der Waals surface area contributed by atoms with Gasteiger partial charge in [-0.1, -0.05) is 24.3 Å². The van der Waals surface area contributed by atoms with Gasteiger partial charge in [0.25, 0.3) is 0 Å². The zero-order chi connectivity index (χ0) is 13.9. The van der Waals surface area contributed by atoms with E-state index in [9.17, 15) is 0 Å². The maximum atomic E-state index is 4.44. The largest absolute Gasteiger partial charge is 0.379 e. The van der Waals surface area contributed by atoms with Gasteiger partial charge in [-0.3, -0.25) is 9.97 Å². The van der Waals surface area contributed by atoms with E-state index in [1.165, 1.54) is 11.1 Å². The standard InChI is InChI=1S/C16H14BrN3/c1-11-4-2-3-5-12(11)9-19-14-6-7-18-15-8-13(17)10-20-16(14)15/h2-8,10H,9H2,1H3,(H,18,19). The third kappa shape index (κ3) is 2.65. The summed E-state index contributed by atoms with van der Waals surface area (Å²) in [5.74, 6) is 0. The number of rotatable bonds is 3. The van der Waals surface area contributed by atoms with Crippen molar-refractivity contribution in [3.05, 3.63) is 64.4 Å². The van der Waals surface area contributed by atoms with Crippen LogP contribution in [-0.4, -0.2) is 9.97 Å². The second kappa shape index (κ2) is 5.59. The molecule has 3 nitrogen and oxygen atoms in total. The third-order valence-electron chi connectivity index (χ3n) is 3.27. The molecular weight excluding hydrogens is 314 g/mol. The van der Waals surface area contributed by atoms with Crippen LogP contribution in [0.4, 0.5) is 5.69 Å². The predicted molar refractivity (Wildman–Crippen MR) is 85.7 cm³/mol. The summed E-state index contributed by atoms with van der Waals surface area (Å²) < 4.78 is 0.938. The first-order valence-corrected chi connectivity index (χ1v) is 7.22. The molecular formula is C16H14BrN3. The van der Waals surface area contributed by atoms with Crippen molar-refractivity contribution in [2.45, 2.75) is 13.5 Å². The Kier molecular flexibility index (Phi) is 3.65. The molecule has 2 heterocycles. The lowest BCUT2D eigenvalue weighted by atomic mass is 10.1. The van der Waals surface area contributed by atoms with Crippen molar-refractivity contribution in [1.82, 2.24) is 9.97 Å². The maximum absolute atomic E-state index is 4.44. The normalized spacial score (nSPS) is 10.7. The first-order valence-electron chi connectivity index (χ1n) is 6.43. The van der Waals surface area contributed by atoms with E-state index in [1.54, 1.807) is 12.4 Å². The number of hydrogen-bond donors (Lipinski definition) is 1. The highest BCUT2D eigenvalue weighted by Gasteiger charge is 2.04. The molecule has 0 fully saturated rings. The number of halogens is 1. The SMILES string of the molecule is Cc1ccccc1CNc1ccnc2cc(Br)cnc12. The fraction of sp³-hybridized carbons (Fsp3) is 0.125. The van der Waals surface area contributed by atoms with Crippen molar-refractivity contribution < 1.29 is 0 Å². The Morgan fingerprint density at radius 3 is 2.85 bits per heavy atom. The Morgan fingerprint density at radius 2 is 2.00 bits per heavy atom. The molecule has 0 saturated heterocycles. The Morgan fingerprint density at radius 1 is 1.15 bits per heavy atom. The highest BCUT2D eigenvalue weighted by Crippen LogP contribution is 2.22. The quantitative estimate of drug-likeness (QED) is 0.778. The third-order valence-corrected chi connectivity index (χ3v) is 3.71. The number of benzene rings is 1. The van der Waals surface area contributed by atoms with Crippen molar-refractivity contribution in [2.24, 2.45) is 0 Å². The fourth-order valence-electron chi connectivity index (χ4n) is 2.15. The molecule has 20 heavy (non-hydrogen) atoms. The summed E-state index contributed by atoms with van der Waals surface area (Å²) in [6.45, 7) is 2.90. The molecule has 0 spiro atoms. The van der Waals surface area contributed by atoms with Crippen LogP contribution in [0.3, 0.4) is 0 Å². The molecule has 0 unspecified atom stereocenters. The van der Waals surface area contributed by atoms with Crippen molar-refractivity contribution in [3.8, 4) is 0 Å². The lowest BCUT2D eigenvalue weighted by Gasteiger charge is -2.10. The van der Waals surface area contributed by atoms with Gasteiger partial charge in [-0.2, -0.15) is 0 Å². The summed E-state index contributed by atoms with van der Waals surface area (Å²) in [6.07, 6.45) is 3.60. The Bertz CT molecular complexity index is 756. The van der Waals surface area contributed by atoms with E-state index in [0.717, 1.165) is 27.7 Å². The smallest absolute Gasteiger partial charge is 0.112 e. The second-order valence-electron chi connectivity index (χ2n) is 4.66. The summed E-state index contributed by atoms with van der Waals surface area (Å²) >= 11 is 3.42. The minimum atomic E-state index is 0.781. The molecule has 0 aliphatic heterocycles. The summed E-state index contributed by atoms with van der Waals surface area (Å²) in [5, 5.41) is 3.45. The van der Waals surface area contributed by atoms with E-state index in [1.807, 2.05) is 12.1 Å². The summed E-state index contributed by atoms with van der Waals surface area (Å²) in [6, 6.07) is 12.3. The number of nitrogens with one attached hydrogen (secondary N) is 1. The van der Waals surface area contributed by atoms with E-state index in [-0.39, 0.29) is 0 Å². The van der Waals surface area contributed by atoms with Crippen LogP contribution < -0.4 is 5.32 Å². The van der Waals surface area contributed by atoms with E-state index >= 15 is 0 Å². The molecule has 2 aromatic heterocycles. The molecule has 3 aromatic rings. The molecule has 100 valence electrons. The summed E-state index contributed by atoms with van der Waals surface area (Å²) in [7, 11) is 0. The molecule has 0 amide bonds. The minimum absolute atomic E-state index is 0.781. The van der Waals surface area contributed by atoms with Crippen LogP contribution in [0.2, 0.25) is 0 Å². The zero-order valence-electron chi connectivity index (χ0n) is 11.1. The van der Waals surface area contributed by atoms with Gasteiger partial charge in [0.2, 0.25) is 0 Å². The first kappa shape index (κ1) is 13.1. The number of anilines is 1. The number of hydrogen-bond acceptors (Lipinski definition) is 3. The summed E-state index contributed by atoms with van der Waals surface area (Å²) in [5.41, 5.74) is 5.35. The predicted octanol–water partition coefficient (Wildman–Crippen LogP) is 4.31. The van der Waals surface area contributed by atoms with Gasteiger partial charge in [-0.15, -0.1) is 0 Å². The van der Waals surface area contributed by atoms with Crippen LogP contribution in [0.1, 0.15) is 11.1 Å². The molecule has 0 atom stereocenters. The Labute approximate surface area is 126 Å². The van der Waals surface area contributed by atoms with Crippen molar-refractivity contribution in [3.63, 3.8) is 0 Å². The fourth-order valence-corrected chi connectivity index (χ4v) is 2.47. The van der Waals surface area contributed by atoms with E-state index < -0.39 is 0 Å². The second-order valence-corrected chi connectivity index (χ2v) is 5.58. The molecule has 0 radical (unpaired) electrons. The minimum Gasteiger partial charge on any atom is -0.379 e. The highest BCUT2D eigenvalue weighted by atomic mass is 79.9. The van der Waals surface area contributed by atoms with E-state index in [2.05, 4.69) is 62.4 Å². The topological polar surface area (TPSA) is 37.8 Å². The molecule has 1 aromatic carbocycles.